The van der Waals surface area contributed by atoms with E-state index < -0.39 is 0 Å². The van der Waals surface area contributed by atoms with Gasteiger partial charge in [-0.3, -0.25) is 0 Å². The summed E-state index contributed by atoms with van der Waals surface area (Å²) >= 11 is 0. The Morgan fingerprint density at radius 3 is 2.50 bits per heavy atom. The molecule has 0 saturated heterocycles. The minimum absolute atomic E-state index is 0.726. The van der Waals surface area contributed by atoms with Crippen molar-refractivity contribution in [3.05, 3.63) is 0 Å². The third-order valence-corrected chi connectivity index (χ3v) is 3.68. The van der Waals surface area contributed by atoms with Crippen molar-refractivity contribution in [2.45, 2.75) is 58.4 Å². The van der Waals surface area contributed by atoms with Crippen LogP contribution >= 0.6 is 0 Å². The van der Waals surface area contributed by atoms with Gasteiger partial charge in [-0.2, -0.15) is 0 Å². The maximum Gasteiger partial charge on any atom is 0.00619 e. The quantitative estimate of drug-likeness (QED) is 0.616. The van der Waals surface area contributed by atoms with Crippen molar-refractivity contribution >= 4 is 0 Å². The molecule has 0 bridgehead atoms. The van der Waals surface area contributed by atoms with E-state index >= 15 is 0 Å². The van der Waals surface area contributed by atoms with Gasteiger partial charge in [-0.1, -0.05) is 13.8 Å². The fourth-order valence-electron chi connectivity index (χ4n) is 2.39. The van der Waals surface area contributed by atoms with Crippen molar-refractivity contribution in [1.82, 2.24) is 10.2 Å². The molecule has 0 spiro atoms. The monoisotopic (exact) mass is 226 g/mol. The molecule has 0 amide bonds. The van der Waals surface area contributed by atoms with Crippen molar-refractivity contribution in [3.63, 3.8) is 0 Å². The molecule has 0 aromatic rings. The van der Waals surface area contributed by atoms with Crippen LogP contribution in [0.25, 0.3) is 0 Å². The number of nitrogens with zero attached hydrogens (tertiary/aromatic N) is 1. The van der Waals surface area contributed by atoms with E-state index in [2.05, 4.69) is 31.1 Å². The normalized spacial score (nSPS) is 18.0. The third-order valence-electron chi connectivity index (χ3n) is 3.68. The van der Waals surface area contributed by atoms with Crippen LogP contribution in [0.4, 0.5) is 0 Å². The Balaban J connectivity index is 2.10. The van der Waals surface area contributed by atoms with Crippen LogP contribution in [0, 0.1) is 5.92 Å². The molecule has 0 aromatic carbocycles. The van der Waals surface area contributed by atoms with E-state index in [1.54, 1.807) is 0 Å². The highest BCUT2D eigenvalue weighted by Crippen LogP contribution is 2.29. The van der Waals surface area contributed by atoms with E-state index in [1.165, 1.54) is 58.2 Å². The average molecular weight is 226 g/mol. The fourth-order valence-corrected chi connectivity index (χ4v) is 2.39. The van der Waals surface area contributed by atoms with E-state index in [9.17, 15) is 0 Å². The molecule has 16 heavy (non-hydrogen) atoms. The lowest BCUT2D eigenvalue weighted by Crippen LogP contribution is -2.30. The highest BCUT2D eigenvalue weighted by Gasteiger charge is 2.23. The lowest BCUT2D eigenvalue weighted by atomic mass is 10.1. The lowest BCUT2D eigenvalue weighted by molar-refractivity contribution is 0.253. The predicted molar refractivity (Wildman–Crippen MR) is 71.8 cm³/mol. The summed E-state index contributed by atoms with van der Waals surface area (Å²) in [5.41, 5.74) is 0. The van der Waals surface area contributed by atoms with E-state index in [0.717, 1.165) is 12.0 Å². The van der Waals surface area contributed by atoms with Crippen LogP contribution in [-0.2, 0) is 0 Å². The molecule has 2 heteroatoms. The Morgan fingerprint density at radius 1 is 1.25 bits per heavy atom. The van der Waals surface area contributed by atoms with E-state index in [-0.39, 0.29) is 0 Å². The Labute approximate surface area is 102 Å². The third kappa shape index (κ3) is 5.86. The number of hydrogen-bond acceptors (Lipinski definition) is 2. The SMILES string of the molecule is CCCN(CCCC(CC)NC)CC1CC1. The number of rotatable bonds is 10. The molecule has 1 fully saturated rings. The van der Waals surface area contributed by atoms with Crippen molar-refractivity contribution in [1.29, 1.82) is 0 Å². The van der Waals surface area contributed by atoms with Crippen molar-refractivity contribution < 1.29 is 0 Å². The topological polar surface area (TPSA) is 15.3 Å². The van der Waals surface area contributed by atoms with Gasteiger partial charge in [0.2, 0.25) is 0 Å². The molecular formula is C14H30N2. The molecule has 1 unspecified atom stereocenters. The average Bonchev–Trinajstić information content (AvgIpc) is 3.08. The summed E-state index contributed by atoms with van der Waals surface area (Å²) in [4.78, 5) is 2.68. The van der Waals surface area contributed by atoms with Gasteiger partial charge in [-0.15, -0.1) is 0 Å². The first-order chi connectivity index (χ1) is 7.80. The summed E-state index contributed by atoms with van der Waals surface area (Å²) in [6.07, 6.45) is 8.20. The minimum atomic E-state index is 0.726. The second kappa shape index (κ2) is 8.08. The summed E-state index contributed by atoms with van der Waals surface area (Å²) < 4.78 is 0. The van der Waals surface area contributed by atoms with Crippen LogP contribution in [0.1, 0.15) is 52.4 Å². The zero-order valence-electron chi connectivity index (χ0n) is 11.5. The first-order valence-corrected chi connectivity index (χ1v) is 7.19. The molecule has 1 atom stereocenters. The first kappa shape index (κ1) is 14.0. The van der Waals surface area contributed by atoms with Crippen LogP contribution in [0.2, 0.25) is 0 Å². The van der Waals surface area contributed by atoms with Gasteiger partial charge < -0.3 is 10.2 Å². The van der Waals surface area contributed by atoms with Crippen molar-refractivity contribution in [2.24, 2.45) is 5.92 Å². The molecule has 1 aliphatic rings. The molecule has 96 valence electrons. The van der Waals surface area contributed by atoms with Gasteiger partial charge in [0.05, 0.1) is 0 Å². The maximum absolute atomic E-state index is 3.39. The summed E-state index contributed by atoms with van der Waals surface area (Å²) in [7, 11) is 2.09. The molecule has 1 N–H and O–H groups in total. The summed E-state index contributed by atoms with van der Waals surface area (Å²) in [6, 6.07) is 0.726. The van der Waals surface area contributed by atoms with Crippen LogP contribution in [0.15, 0.2) is 0 Å². The van der Waals surface area contributed by atoms with Gasteiger partial charge in [-0.25, -0.2) is 0 Å². The Morgan fingerprint density at radius 2 is 2.00 bits per heavy atom. The molecule has 1 aliphatic carbocycles. The smallest absolute Gasteiger partial charge is 0.00619 e. The number of nitrogens with one attached hydrogen (secondary N) is 1. The van der Waals surface area contributed by atoms with Gasteiger partial charge in [-0.05, 0) is 64.6 Å². The Bertz CT molecular complexity index is 162. The maximum atomic E-state index is 3.39. The van der Waals surface area contributed by atoms with E-state index in [1.807, 2.05) is 0 Å². The zero-order valence-corrected chi connectivity index (χ0v) is 11.5. The highest BCUT2D eigenvalue weighted by molar-refractivity contribution is 4.77. The van der Waals surface area contributed by atoms with Crippen molar-refractivity contribution in [3.8, 4) is 0 Å². The fraction of sp³-hybridized carbons (Fsp3) is 1.00. The Kier molecular flexibility index (Phi) is 7.06. The van der Waals surface area contributed by atoms with Gasteiger partial charge in [0, 0.05) is 12.6 Å². The largest absolute Gasteiger partial charge is 0.317 e. The first-order valence-electron chi connectivity index (χ1n) is 7.19. The molecule has 0 aliphatic heterocycles. The van der Waals surface area contributed by atoms with Gasteiger partial charge in [0.15, 0.2) is 0 Å². The van der Waals surface area contributed by atoms with Crippen LogP contribution < -0.4 is 5.32 Å². The van der Waals surface area contributed by atoms with Crippen LogP contribution in [0.3, 0.4) is 0 Å². The summed E-state index contributed by atoms with van der Waals surface area (Å²) in [6.45, 7) is 8.54. The molecule has 0 radical (unpaired) electrons. The van der Waals surface area contributed by atoms with Crippen LogP contribution in [0.5, 0.6) is 0 Å². The molecular weight excluding hydrogens is 196 g/mol. The predicted octanol–water partition coefficient (Wildman–Crippen LogP) is 2.89. The molecule has 0 aromatic heterocycles. The van der Waals surface area contributed by atoms with Gasteiger partial charge in [0.1, 0.15) is 0 Å². The summed E-state index contributed by atoms with van der Waals surface area (Å²) in [5.74, 6) is 1.04. The second-order valence-corrected chi connectivity index (χ2v) is 5.28. The summed E-state index contributed by atoms with van der Waals surface area (Å²) in [5, 5.41) is 3.39. The number of hydrogen-bond donors (Lipinski definition) is 1. The molecule has 0 heterocycles. The minimum Gasteiger partial charge on any atom is -0.317 e. The zero-order chi connectivity index (χ0) is 11.8. The standard InChI is InChI=1S/C14H30N2/c1-4-10-16(12-13-8-9-13)11-6-7-14(5-2)15-3/h13-15H,4-12H2,1-3H3. The van der Waals surface area contributed by atoms with E-state index in [4.69, 9.17) is 0 Å². The van der Waals surface area contributed by atoms with Gasteiger partial charge >= 0.3 is 0 Å². The van der Waals surface area contributed by atoms with Crippen LogP contribution in [-0.4, -0.2) is 37.6 Å². The Hall–Kier alpha value is -0.0800. The second-order valence-electron chi connectivity index (χ2n) is 5.28. The highest BCUT2D eigenvalue weighted by atomic mass is 15.1. The molecule has 1 rings (SSSR count). The lowest BCUT2D eigenvalue weighted by Gasteiger charge is -2.22. The van der Waals surface area contributed by atoms with Crippen molar-refractivity contribution in [2.75, 3.05) is 26.7 Å². The van der Waals surface area contributed by atoms with Gasteiger partial charge in [0.25, 0.3) is 0 Å². The van der Waals surface area contributed by atoms with E-state index in [0.29, 0.717) is 0 Å². The molecule has 2 nitrogen and oxygen atoms in total. The molecule has 1 saturated carbocycles.